The summed E-state index contributed by atoms with van der Waals surface area (Å²) in [6.07, 6.45) is 2.91. The first-order valence-corrected chi connectivity index (χ1v) is 10.6. The average Bonchev–Trinajstić information content (AvgIpc) is 2.68. The van der Waals surface area contributed by atoms with Crippen LogP contribution in [0.5, 0.6) is 5.75 Å². The van der Waals surface area contributed by atoms with Gasteiger partial charge in [-0.1, -0.05) is 30.3 Å². The van der Waals surface area contributed by atoms with Crippen LogP contribution in [0.1, 0.15) is 31.2 Å². The first-order chi connectivity index (χ1) is 13.0. The number of nitrogens with one attached hydrogen (secondary N) is 1. The molecule has 0 aromatic heterocycles. The topological polar surface area (TPSA) is 75.6 Å². The second kappa shape index (κ2) is 8.82. The number of benzene rings is 2. The Labute approximate surface area is 159 Å². The fraction of sp³-hybridized carbons (Fsp3) is 0.400. The number of rotatable bonds is 7. The van der Waals surface area contributed by atoms with E-state index in [1.54, 1.807) is 0 Å². The molecule has 5 nitrogen and oxygen atoms in total. The van der Waals surface area contributed by atoms with Crippen LogP contribution in [0.4, 0.5) is 4.39 Å². The molecule has 0 atom stereocenters. The van der Waals surface area contributed by atoms with Gasteiger partial charge in [0.15, 0.2) is 11.6 Å². The predicted octanol–water partition coefficient (Wildman–Crippen LogP) is 3.23. The molecule has 0 bridgehead atoms. The molecule has 1 fully saturated rings. The molecule has 2 N–H and O–H groups in total. The molecule has 0 radical (unpaired) electrons. The van der Waals surface area contributed by atoms with Crippen molar-refractivity contribution in [1.82, 2.24) is 4.72 Å². The quantitative estimate of drug-likeness (QED) is 0.757. The van der Waals surface area contributed by atoms with Crippen LogP contribution in [-0.2, 0) is 16.6 Å². The van der Waals surface area contributed by atoms with Crippen LogP contribution in [0.2, 0.25) is 0 Å². The molecule has 2 aromatic rings. The number of sulfonamides is 1. The average molecular weight is 393 g/mol. The summed E-state index contributed by atoms with van der Waals surface area (Å²) < 4.78 is 47.5. The minimum atomic E-state index is -3.80. The minimum absolute atomic E-state index is 0.0151. The Morgan fingerprint density at radius 2 is 1.78 bits per heavy atom. The van der Waals surface area contributed by atoms with Gasteiger partial charge in [0.05, 0.1) is 4.90 Å². The lowest BCUT2D eigenvalue weighted by molar-refractivity contribution is 0.180. The fourth-order valence-electron chi connectivity index (χ4n) is 3.25. The third kappa shape index (κ3) is 5.28. The Hall–Kier alpha value is -1.96. The number of aliphatic hydroxyl groups is 1. The van der Waals surface area contributed by atoms with Gasteiger partial charge in [-0.3, -0.25) is 0 Å². The van der Waals surface area contributed by atoms with Crippen LogP contribution in [-0.4, -0.2) is 26.2 Å². The van der Waals surface area contributed by atoms with Gasteiger partial charge in [0.2, 0.25) is 10.0 Å². The molecule has 0 amide bonds. The highest BCUT2D eigenvalue weighted by molar-refractivity contribution is 7.89. The number of ether oxygens (including phenoxy) is 1. The van der Waals surface area contributed by atoms with Crippen LogP contribution in [0, 0.1) is 11.7 Å². The molecule has 1 aliphatic rings. The Bertz CT molecular complexity index is 850. The monoisotopic (exact) mass is 393 g/mol. The molecule has 0 heterocycles. The maximum Gasteiger partial charge on any atom is 0.240 e. The van der Waals surface area contributed by atoms with Crippen LogP contribution in [0.15, 0.2) is 53.4 Å². The van der Waals surface area contributed by atoms with Crippen molar-refractivity contribution in [2.24, 2.45) is 5.92 Å². The molecule has 146 valence electrons. The molecule has 2 aromatic carbocycles. The molecule has 1 saturated carbocycles. The lowest BCUT2D eigenvalue weighted by Crippen LogP contribution is -2.38. The number of hydrogen-bond acceptors (Lipinski definition) is 4. The highest BCUT2D eigenvalue weighted by Gasteiger charge is 2.26. The summed E-state index contributed by atoms with van der Waals surface area (Å²) in [5.74, 6) is -0.455. The Kier molecular flexibility index (Phi) is 6.46. The zero-order chi connectivity index (χ0) is 19.3. The van der Waals surface area contributed by atoms with Gasteiger partial charge in [0.25, 0.3) is 0 Å². The zero-order valence-electron chi connectivity index (χ0n) is 15.0. The lowest BCUT2D eigenvalue weighted by Gasteiger charge is -2.27. The van der Waals surface area contributed by atoms with Crippen LogP contribution in [0.3, 0.4) is 0 Å². The smallest absolute Gasteiger partial charge is 0.240 e. The van der Waals surface area contributed by atoms with Crippen molar-refractivity contribution < 1.29 is 22.7 Å². The molecular formula is C20H24FNO4S. The Morgan fingerprint density at radius 3 is 2.41 bits per heavy atom. The van der Waals surface area contributed by atoms with Gasteiger partial charge >= 0.3 is 0 Å². The molecule has 1 aliphatic carbocycles. The normalized spacial score (nSPS) is 20.4. The molecule has 7 heteroatoms. The third-order valence-corrected chi connectivity index (χ3v) is 6.40. The Morgan fingerprint density at radius 1 is 1.07 bits per heavy atom. The summed E-state index contributed by atoms with van der Waals surface area (Å²) in [6.45, 7) is 0.339. The van der Waals surface area contributed by atoms with Crippen molar-refractivity contribution in [2.45, 2.75) is 43.2 Å². The van der Waals surface area contributed by atoms with E-state index in [4.69, 9.17) is 9.84 Å². The standard InChI is InChI=1S/C20H24FNO4S/c21-19-12-18(10-11-20(19)26-14-16-4-2-1-3-5-16)27(24,25)22-17-8-6-15(13-23)7-9-17/h1-5,10-12,15,17,22-23H,6-9,13-14H2. The number of halogens is 1. The van der Waals surface area contributed by atoms with Crippen LogP contribution in [0.25, 0.3) is 0 Å². The third-order valence-electron chi connectivity index (χ3n) is 4.88. The largest absolute Gasteiger partial charge is 0.486 e. The molecule has 0 aliphatic heterocycles. The molecule has 0 unspecified atom stereocenters. The van der Waals surface area contributed by atoms with E-state index in [-0.39, 0.29) is 35.8 Å². The minimum Gasteiger partial charge on any atom is -0.486 e. The van der Waals surface area contributed by atoms with E-state index < -0.39 is 15.8 Å². The predicted molar refractivity (Wildman–Crippen MR) is 100 cm³/mol. The summed E-state index contributed by atoms with van der Waals surface area (Å²) in [5.41, 5.74) is 0.897. The summed E-state index contributed by atoms with van der Waals surface area (Å²) in [6, 6.07) is 12.8. The molecule has 3 rings (SSSR count). The lowest BCUT2D eigenvalue weighted by atomic mass is 9.87. The van der Waals surface area contributed by atoms with E-state index >= 15 is 0 Å². The van der Waals surface area contributed by atoms with E-state index in [9.17, 15) is 12.8 Å². The van der Waals surface area contributed by atoms with E-state index in [1.165, 1.54) is 12.1 Å². The van der Waals surface area contributed by atoms with Crippen molar-refractivity contribution in [2.75, 3.05) is 6.61 Å². The second-order valence-electron chi connectivity index (χ2n) is 6.89. The highest BCUT2D eigenvalue weighted by Crippen LogP contribution is 2.26. The van der Waals surface area contributed by atoms with Crippen LogP contribution < -0.4 is 9.46 Å². The van der Waals surface area contributed by atoms with E-state index in [0.29, 0.717) is 12.8 Å². The van der Waals surface area contributed by atoms with Crippen molar-refractivity contribution >= 4 is 10.0 Å². The van der Waals surface area contributed by atoms with Crippen molar-refractivity contribution in [3.8, 4) is 5.75 Å². The van der Waals surface area contributed by atoms with Gasteiger partial charge in [-0.15, -0.1) is 0 Å². The van der Waals surface area contributed by atoms with Gasteiger partial charge in [-0.05, 0) is 55.4 Å². The van der Waals surface area contributed by atoms with E-state index in [0.717, 1.165) is 24.5 Å². The van der Waals surface area contributed by atoms with Crippen molar-refractivity contribution in [3.63, 3.8) is 0 Å². The number of hydrogen-bond donors (Lipinski definition) is 2. The van der Waals surface area contributed by atoms with Gasteiger partial charge in [0.1, 0.15) is 6.61 Å². The summed E-state index contributed by atoms with van der Waals surface area (Å²) in [4.78, 5) is -0.114. The maximum absolute atomic E-state index is 14.3. The molecule has 0 spiro atoms. The first-order valence-electron chi connectivity index (χ1n) is 9.07. The Balaban J connectivity index is 1.63. The zero-order valence-corrected chi connectivity index (χ0v) is 15.8. The molecule has 27 heavy (non-hydrogen) atoms. The SMILES string of the molecule is O=S(=O)(NC1CCC(CO)CC1)c1ccc(OCc2ccccc2)c(F)c1. The fourth-order valence-corrected chi connectivity index (χ4v) is 4.57. The first kappa shape index (κ1) is 19.8. The van der Waals surface area contributed by atoms with Crippen LogP contribution >= 0.6 is 0 Å². The summed E-state index contributed by atoms with van der Waals surface area (Å²) in [7, 11) is -3.80. The molecular weight excluding hydrogens is 369 g/mol. The van der Waals surface area contributed by atoms with Gasteiger partial charge in [0, 0.05) is 12.6 Å². The molecule has 0 saturated heterocycles. The van der Waals surface area contributed by atoms with Crippen molar-refractivity contribution in [3.05, 3.63) is 59.9 Å². The summed E-state index contributed by atoms with van der Waals surface area (Å²) >= 11 is 0. The second-order valence-corrected chi connectivity index (χ2v) is 8.60. The van der Waals surface area contributed by atoms with Crippen molar-refractivity contribution in [1.29, 1.82) is 0 Å². The summed E-state index contributed by atoms with van der Waals surface area (Å²) in [5, 5.41) is 9.17. The van der Waals surface area contributed by atoms with Gasteiger partial charge in [-0.25, -0.2) is 17.5 Å². The highest BCUT2D eigenvalue weighted by atomic mass is 32.2. The van der Waals surface area contributed by atoms with Gasteiger partial charge in [-0.2, -0.15) is 0 Å². The van der Waals surface area contributed by atoms with E-state index in [2.05, 4.69) is 4.72 Å². The maximum atomic E-state index is 14.3. The van der Waals surface area contributed by atoms with Gasteiger partial charge < -0.3 is 9.84 Å². The number of aliphatic hydroxyl groups excluding tert-OH is 1. The van der Waals surface area contributed by atoms with E-state index in [1.807, 2.05) is 30.3 Å².